The van der Waals surface area contributed by atoms with Crippen LogP contribution in [-0.4, -0.2) is 45.4 Å². The molecular formula is C17H18N4O4S. The number of esters is 1. The maximum absolute atomic E-state index is 12.5. The number of amides is 2. The molecule has 2 aliphatic heterocycles. The Bertz CT molecular complexity index is 841. The van der Waals surface area contributed by atoms with E-state index in [1.807, 2.05) is 30.3 Å². The molecule has 0 N–H and O–H groups in total. The van der Waals surface area contributed by atoms with Crippen LogP contribution in [0.25, 0.3) is 0 Å². The molecule has 2 aromatic rings. The number of hydrogen-bond donors (Lipinski definition) is 1. The minimum absolute atomic E-state index is 0.330. The van der Waals surface area contributed by atoms with Crippen LogP contribution in [0.3, 0.4) is 0 Å². The molecule has 2 amide bonds. The first kappa shape index (κ1) is 16.9. The maximum Gasteiger partial charge on any atom is 0.346 e. The van der Waals surface area contributed by atoms with Crippen molar-refractivity contribution in [1.82, 2.24) is 19.7 Å². The number of hydroxylamine groups is 2. The zero-order valence-electron chi connectivity index (χ0n) is 14.1. The Kier molecular flexibility index (Phi) is 4.33. The van der Waals surface area contributed by atoms with Gasteiger partial charge in [-0.3, -0.25) is 4.68 Å². The lowest BCUT2D eigenvalue weighted by Crippen LogP contribution is -2.40. The summed E-state index contributed by atoms with van der Waals surface area (Å²) in [6.45, 7) is 0.917. The summed E-state index contributed by atoms with van der Waals surface area (Å²) in [5, 5.41) is 5.62. The molecule has 2 unspecified atom stereocenters. The number of methoxy groups -OCH3 is 1. The van der Waals surface area contributed by atoms with Gasteiger partial charge in [-0.05, 0) is 12.0 Å². The average molecular weight is 374 g/mol. The second-order valence-electron chi connectivity index (χ2n) is 6.23. The lowest BCUT2D eigenvalue weighted by molar-refractivity contribution is -0.146. The quantitative estimate of drug-likeness (QED) is 0.491. The van der Waals surface area contributed by atoms with Gasteiger partial charge in [-0.25, -0.2) is 13.9 Å². The van der Waals surface area contributed by atoms with E-state index in [4.69, 9.17) is 9.02 Å². The minimum Gasteiger partial charge on any atom is -0.467 e. The van der Waals surface area contributed by atoms with Gasteiger partial charge in [-0.15, -0.1) is 0 Å². The molecule has 1 saturated heterocycles. The highest BCUT2D eigenvalue weighted by atomic mass is 32.1. The zero-order chi connectivity index (χ0) is 18.3. The van der Waals surface area contributed by atoms with Gasteiger partial charge in [0.25, 0.3) is 0 Å². The maximum atomic E-state index is 12.5. The van der Waals surface area contributed by atoms with Crippen molar-refractivity contribution < 1.29 is 18.6 Å². The van der Waals surface area contributed by atoms with Crippen molar-refractivity contribution in [2.75, 3.05) is 13.7 Å². The smallest absolute Gasteiger partial charge is 0.346 e. The first-order valence-electron chi connectivity index (χ1n) is 8.24. The monoisotopic (exact) mass is 374 g/mol. The first-order valence-corrected chi connectivity index (χ1v) is 8.61. The summed E-state index contributed by atoms with van der Waals surface area (Å²) < 4.78 is 11.7. The molecule has 0 radical (unpaired) electrons. The van der Waals surface area contributed by atoms with Crippen LogP contribution in [0, 0.1) is 0 Å². The van der Waals surface area contributed by atoms with Crippen LogP contribution in [-0.2, 0) is 26.8 Å². The third-order valence-corrected chi connectivity index (χ3v) is 5.07. The summed E-state index contributed by atoms with van der Waals surface area (Å²) in [7, 11) is 1.31. The average Bonchev–Trinajstić information content (AvgIpc) is 3.21. The van der Waals surface area contributed by atoms with Gasteiger partial charge in [0.15, 0.2) is 6.04 Å². The van der Waals surface area contributed by atoms with E-state index in [9.17, 15) is 9.59 Å². The van der Waals surface area contributed by atoms with E-state index in [0.717, 1.165) is 17.0 Å². The molecule has 0 spiro atoms. The number of aromatic nitrogens is 2. The van der Waals surface area contributed by atoms with Gasteiger partial charge in [0.1, 0.15) is 6.04 Å². The summed E-state index contributed by atoms with van der Waals surface area (Å²) in [6, 6.07) is 8.42. The van der Waals surface area contributed by atoms with E-state index in [1.54, 1.807) is 10.9 Å². The van der Waals surface area contributed by atoms with E-state index in [-0.39, 0.29) is 6.04 Å². The predicted molar refractivity (Wildman–Crippen MR) is 93.9 cm³/mol. The minimum atomic E-state index is -0.842. The molecule has 4 rings (SSSR count). The highest BCUT2D eigenvalue weighted by molar-refractivity contribution is 7.75. The summed E-state index contributed by atoms with van der Waals surface area (Å²) in [4.78, 5) is 26.4. The molecule has 8 nitrogen and oxygen atoms in total. The fourth-order valence-electron chi connectivity index (χ4n) is 3.65. The Morgan fingerprint density at radius 3 is 2.81 bits per heavy atom. The van der Waals surface area contributed by atoms with Crippen LogP contribution in [0.1, 0.15) is 28.9 Å². The van der Waals surface area contributed by atoms with Crippen molar-refractivity contribution in [1.29, 1.82) is 0 Å². The molecule has 1 aromatic carbocycles. The van der Waals surface area contributed by atoms with Crippen LogP contribution in [0.4, 0.5) is 4.79 Å². The summed E-state index contributed by atoms with van der Waals surface area (Å²) >= 11 is 3.78. The Labute approximate surface area is 155 Å². The van der Waals surface area contributed by atoms with Gasteiger partial charge < -0.3 is 9.64 Å². The number of thiol groups is 1. The second-order valence-corrected chi connectivity index (χ2v) is 6.39. The number of fused-ring (bicyclic) bond motifs is 4. The lowest BCUT2D eigenvalue weighted by Gasteiger charge is -2.29. The molecule has 0 saturated carbocycles. The van der Waals surface area contributed by atoms with E-state index in [1.165, 1.54) is 17.6 Å². The lowest BCUT2D eigenvalue weighted by atomic mass is 9.98. The zero-order valence-corrected chi connectivity index (χ0v) is 15.0. The Morgan fingerprint density at radius 1 is 1.35 bits per heavy atom. The molecule has 0 aliphatic carbocycles. The van der Waals surface area contributed by atoms with E-state index < -0.39 is 18.0 Å². The van der Waals surface area contributed by atoms with Gasteiger partial charge in [-0.1, -0.05) is 30.3 Å². The van der Waals surface area contributed by atoms with Crippen molar-refractivity contribution >= 4 is 24.9 Å². The molecule has 9 heteroatoms. The number of ether oxygens (including phenoxy) is 1. The first-order chi connectivity index (χ1) is 12.7. The molecule has 2 atom stereocenters. The molecule has 3 heterocycles. The van der Waals surface area contributed by atoms with Crippen molar-refractivity contribution in [2.24, 2.45) is 0 Å². The molecule has 136 valence electrons. The van der Waals surface area contributed by atoms with Gasteiger partial charge in [0.05, 0.1) is 25.5 Å². The molecular weight excluding hydrogens is 356 g/mol. The number of nitrogens with zero attached hydrogens (tertiary/aromatic N) is 4. The highest BCUT2D eigenvalue weighted by Gasteiger charge is 2.53. The largest absolute Gasteiger partial charge is 0.467 e. The Morgan fingerprint density at radius 2 is 2.12 bits per heavy atom. The van der Waals surface area contributed by atoms with E-state index >= 15 is 0 Å². The van der Waals surface area contributed by atoms with Gasteiger partial charge in [0, 0.05) is 25.0 Å². The van der Waals surface area contributed by atoms with Crippen molar-refractivity contribution in [2.45, 2.75) is 25.0 Å². The van der Waals surface area contributed by atoms with Crippen molar-refractivity contribution in [3.63, 3.8) is 0 Å². The van der Waals surface area contributed by atoms with Gasteiger partial charge >= 0.3 is 12.0 Å². The standard InChI is InChI=1S/C17H18N4O4S/c1-24-16(22)15-14-12(13-10-19(15)17(23)21(13)25-26)9-18-20(14)8-7-11-5-3-2-4-6-11/h2-6,9,13,15,26H,7-8,10H2,1H3. The van der Waals surface area contributed by atoms with Crippen molar-refractivity contribution in [3.05, 3.63) is 53.3 Å². The molecule has 26 heavy (non-hydrogen) atoms. The van der Waals surface area contributed by atoms with Crippen LogP contribution < -0.4 is 0 Å². The molecule has 2 aliphatic rings. The van der Waals surface area contributed by atoms with Gasteiger partial charge in [-0.2, -0.15) is 10.2 Å². The van der Waals surface area contributed by atoms with Gasteiger partial charge in [0.2, 0.25) is 0 Å². The SMILES string of the molecule is COC(=O)C1c2c(cnn2CCc2ccccc2)C2CN1C(=O)N2OS. The van der Waals surface area contributed by atoms with Crippen molar-refractivity contribution in [3.8, 4) is 0 Å². The Balaban J connectivity index is 1.70. The van der Waals surface area contributed by atoms with E-state index in [0.29, 0.717) is 18.8 Å². The summed E-state index contributed by atoms with van der Waals surface area (Å²) in [5.74, 6) is -0.500. The number of benzene rings is 1. The predicted octanol–water partition coefficient (Wildman–Crippen LogP) is 1.91. The summed E-state index contributed by atoms with van der Waals surface area (Å²) in [5.41, 5.74) is 2.62. The Hall–Kier alpha value is -2.52. The molecule has 1 fully saturated rings. The van der Waals surface area contributed by atoms with Crippen LogP contribution in [0.5, 0.6) is 0 Å². The van der Waals surface area contributed by atoms with E-state index in [2.05, 4.69) is 18.0 Å². The number of carbonyl (C=O) groups is 2. The third kappa shape index (κ3) is 2.55. The third-order valence-electron chi connectivity index (χ3n) is 4.89. The van der Waals surface area contributed by atoms with Crippen LogP contribution >= 0.6 is 12.9 Å². The fraction of sp³-hybridized carbons (Fsp3) is 0.353. The van der Waals surface area contributed by atoms with Crippen LogP contribution in [0.15, 0.2) is 36.5 Å². The normalized spacial score (nSPS) is 21.1. The molecule has 1 aromatic heterocycles. The number of rotatable bonds is 5. The topological polar surface area (TPSA) is 76.9 Å². The number of aryl methyl sites for hydroxylation is 2. The number of urea groups is 1. The molecule has 2 bridgehead atoms. The fourth-order valence-corrected chi connectivity index (χ4v) is 3.84. The highest BCUT2D eigenvalue weighted by Crippen LogP contribution is 2.44. The number of carbonyl (C=O) groups excluding carboxylic acids is 2. The number of hydrogen-bond acceptors (Lipinski definition) is 6. The van der Waals surface area contributed by atoms with Crippen LogP contribution in [0.2, 0.25) is 0 Å². The summed E-state index contributed by atoms with van der Waals surface area (Å²) in [6.07, 6.45) is 2.45. The second kappa shape index (κ2) is 6.65.